The molecule has 0 bridgehead atoms. The van der Waals surface area contributed by atoms with Gasteiger partial charge in [-0.15, -0.1) is 0 Å². The third-order valence-corrected chi connectivity index (χ3v) is 2.89. The Morgan fingerprint density at radius 2 is 1.92 bits per heavy atom. The maximum Gasteiger partial charge on any atom is 0.221 e. The fourth-order valence-electron chi connectivity index (χ4n) is 0.810. The molecular weight excluding hydrogens is 172 g/mol. The molecule has 0 saturated heterocycles. The normalized spacial score (nSPS) is 12.2. The van der Waals surface area contributed by atoms with Crippen LogP contribution in [0.25, 0.3) is 0 Å². The van der Waals surface area contributed by atoms with Gasteiger partial charge in [0.05, 0.1) is 0 Å². The summed E-state index contributed by atoms with van der Waals surface area (Å²) < 4.78 is 0. The largest absolute Gasteiger partial charge is 0.369 e. The number of hydrogen-bond donors (Lipinski definition) is 2. The summed E-state index contributed by atoms with van der Waals surface area (Å²) in [7, 11) is -0.405. The van der Waals surface area contributed by atoms with Crippen molar-refractivity contribution in [2.75, 3.05) is 0 Å². The molecule has 0 rings (SSSR count). The number of hydrogen-bond acceptors (Lipinski definition) is 2. The van der Waals surface area contributed by atoms with E-state index in [2.05, 4.69) is 0 Å². The lowest BCUT2D eigenvalue weighted by atomic mass is 10.3. The first-order valence-corrected chi connectivity index (χ1v) is 5.93. The fourth-order valence-corrected chi connectivity index (χ4v) is 1.74. The van der Waals surface area contributed by atoms with Gasteiger partial charge in [0, 0.05) is 22.4 Å². The number of carbonyl (C=O) groups excluding carboxylic acids is 2. The van der Waals surface area contributed by atoms with E-state index in [0.29, 0.717) is 0 Å². The van der Waals surface area contributed by atoms with Crippen LogP contribution in [0.2, 0.25) is 6.55 Å². The van der Waals surface area contributed by atoms with Crippen LogP contribution in [0.3, 0.4) is 0 Å². The molecule has 0 radical (unpaired) electrons. The first-order valence-electron chi connectivity index (χ1n) is 3.80. The van der Waals surface area contributed by atoms with Crippen LogP contribution in [0, 0.1) is 0 Å². The molecule has 0 heterocycles. The Morgan fingerprint density at radius 1 is 1.33 bits per heavy atom. The topological polar surface area (TPSA) is 86.2 Å². The lowest BCUT2D eigenvalue weighted by Crippen LogP contribution is -2.14. The summed E-state index contributed by atoms with van der Waals surface area (Å²) >= 11 is 0. The molecule has 12 heavy (non-hydrogen) atoms. The van der Waals surface area contributed by atoms with Gasteiger partial charge in [-0.1, -0.05) is 17.8 Å². The molecule has 4 N–H and O–H groups in total. The van der Waals surface area contributed by atoms with Crippen molar-refractivity contribution in [2.24, 2.45) is 11.5 Å². The van der Waals surface area contributed by atoms with Gasteiger partial charge in [-0.3, -0.25) is 9.59 Å². The molecule has 0 spiro atoms. The molecule has 0 aromatic heterocycles. The van der Waals surface area contributed by atoms with Gasteiger partial charge in [-0.25, -0.2) is 0 Å². The summed E-state index contributed by atoms with van der Waals surface area (Å²) in [4.78, 5) is 20.9. The third-order valence-electron chi connectivity index (χ3n) is 1.45. The van der Waals surface area contributed by atoms with Gasteiger partial charge < -0.3 is 11.5 Å². The van der Waals surface area contributed by atoms with Crippen molar-refractivity contribution in [1.82, 2.24) is 0 Å². The molecule has 0 aliphatic carbocycles. The van der Waals surface area contributed by atoms with E-state index in [1.165, 1.54) is 0 Å². The van der Waals surface area contributed by atoms with Crippen LogP contribution in [0.5, 0.6) is 0 Å². The summed E-state index contributed by atoms with van der Waals surface area (Å²) in [6, 6.07) is 0. The lowest BCUT2D eigenvalue weighted by Gasteiger charge is -1.99. The molecule has 0 aliphatic rings. The molecule has 2 amide bonds. The van der Waals surface area contributed by atoms with Crippen LogP contribution >= 0.6 is 0 Å². The minimum atomic E-state index is -0.405. The molecule has 0 atom stereocenters. The molecule has 0 aliphatic heterocycles. The fraction of sp³-hybridized carbons (Fsp3) is 0.429. The third kappa shape index (κ3) is 5.66. The molecule has 0 saturated carbocycles. The quantitative estimate of drug-likeness (QED) is 0.530. The maximum atomic E-state index is 10.5. The zero-order chi connectivity index (χ0) is 9.56. The van der Waals surface area contributed by atoms with Gasteiger partial charge in [0.2, 0.25) is 11.8 Å². The minimum Gasteiger partial charge on any atom is -0.369 e. The van der Waals surface area contributed by atoms with Crippen LogP contribution in [0.1, 0.15) is 12.8 Å². The van der Waals surface area contributed by atoms with E-state index < -0.39 is 9.52 Å². The van der Waals surface area contributed by atoms with E-state index in [0.717, 1.165) is 5.20 Å². The maximum absolute atomic E-state index is 10.5. The van der Waals surface area contributed by atoms with Crippen molar-refractivity contribution in [3.05, 3.63) is 11.3 Å². The van der Waals surface area contributed by atoms with Crippen LogP contribution in [0.15, 0.2) is 11.3 Å². The highest BCUT2D eigenvalue weighted by atomic mass is 28.2. The Kier molecular flexibility index (Phi) is 5.03. The predicted molar refractivity (Wildman–Crippen MR) is 50.1 cm³/mol. The smallest absolute Gasteiger partial charge is 0.221 e. The number of nitrogens with two attached hydrogens (primary N) is 2. The van der Waals surface area contributed by atoms with Crippen LogP contribution in [-0.4, -0.2) is 21.3 Å². The zero-order valence-electron chi connectivity index (χ0n) is 7.17. The molecular formula is C7H14N2O2Si. The highest BCUT2D eigenvalue weighted by molar-refractivity contribution is 6.44. The highest BCUT2D eigenvalue weighted by Gasteiger charge is 2.00. The number of amides is 2. The summed E-state index contributed by atoms with van der Waals surface area (Å²) in [5, 5.41) is 1.00. The van der Waals surface area contributed by atoms with Gasteiger partial charge in [0.15, 0.2) is 0 Å². The highest BCUT2D eigenvalue weighted by Crippen LogP contribution is 1.99. The molecule has 4 nitrogen and oxygen atoms in total. The van der Waals surface area contributed by atoms with Gasteiger partial charge in [0.1, 0.15) is 0 Å². The van der Waals surface area contributed by atoms with Crippen LogP contribution < -0.4 is 11.5 Å². The Labute approximate surface area is 73.8 Å². The zero-order valence-corrected chi connectivity index (χ0v) is 8.58. The van der Waals surface area contributed by atoms with Crippen LogP contribution in [0.4, 0.5) is 0 Å². The van der Waals surface area contributed by atoms with Crippen molar-refractivity contribution in [2.45, 2.75) is 19.4 Å². The molecule has 0 fully saturated rings. The monoisotopic (exact) mass is 186 g/mol. The van der Waals surface area contributed by atoms with E-state index in [-0.39, 0.29) is 24.7 Å². The van der Waals surface area contributed by atoms with Crippen LogP contribution in [-0.2, 0) is 9.59 Å². The molecule has 5 heteroatoms. The average molecular weight is 186 g/mol. The summed E-state index contributed by atoms with van der Waals surface area (Å²) in [6.07, 6.45) is 2.21. The molecule has 0 unspecified atom stereocenters. The Hall–Kier alpha value is -1.10. The van der Waals surface area contributed by atoms with E-state index in [1.807, 2.05) is 6.55 Å². The standard InChI is InChI=1S/C7H14N2O2Si/c1-12-5(4-7(9)11)2-3-6(8)10/h2H,3-4,12H2,1H3,(H2,8,10)(H2,9,11). The molecule has 0 aromatic carbocycles. The first-order chi connectivity index (χ1) is 5.56. The van der Waals surface area contributed by atoms with Gasteiger partial charge in [0.25, 0.3) is 0 Å². The minimum absolute atomic E-state index is 0.212. The van der Waals surface area contributed by atoms with Crippen molar-refractivity contribution >= 4 is 21.3 Å². The van der Waals surface area contributed by atoms with E-state index >= 15 is 0 Å². The molecule has 0 aromatic rings. The summed E-state index contributed by atoms with van der Waals surface area (Å²) in [6.45, 7) is 2.04. The van der Waals surface area contributed by atoms with Gasteiger partial charge >= 0.3 is 0 Å². The predicted octanol–water partition coefficient (Wildman–Crippen LogP) is -1.16. The SMILES string of the molecule is C[SiH2]C(=CCC(N)=O)CC(N)=O. The second-order valence-electron chi connectivity index (χ2n) is 2.53. The Bertz CT molecular complexity index is 213. The number of carbonyl (C=O) groups is 2. The summed E-state index contributed by atoms with van der Waals surface area (Å²) in [5.74, 6) is -0.723. The van der Waals surface area contributed by atoms with Crippen molar-refractivity contribution in [3.8, 4) is 0 Å². The second-order valence-corrected chi connectivity index (χ2v) is 4.14. The van der Waals surface area contributed by atoms with E-state index in [1.54, 1.807) is 6.08 Å². The Morgan fingerprint density at radius 3 is 2.25 bits per heavy atom. The first kappa shape index (κ1) is 10.9. The van der Waals surface area contributed by atoms with E-state index in [9.17, 15) is 9.59 Å². The van der Waals surface area contributed by atoms with Gasteiger partial charge in [-0.2, -0.15) is 0 Å². The Balaban J connectivity index is 4.04. The van der Waals surface area contributed by atoms with Crippen molar-refractivity contribution < 1.29 is 9.59 Å². The van der Waals surface area contributed by atoms with Crippen molar-refractivity contribution in [1.29, 1.82) is 0 Å². The summed E-state index contributed by atoms with van der Waals surface area (Å²) in [5.41, 5.74) is 9.94. The van der Waals surface area contributed by atoms with E-state index in [4.69, 9.17) is 11.5 Å². The van der Waals surface area contributed by atoms with Gasteiger partial charge in [-0.05, 0) is 0 Å². The number of rotatable bonds is 5. The lowest BCUT2D eigenvalue weighted by molar-refractivity contribution is -0.118. The molecule has 68 valence electrons. The van der Waals surface area contributed by atoms with Crippen molar-refractivity contribution in [3.63, 3.8) is 0 Å². The second kappa shape index (κ2) is 5.53. The number of primary amides is 2. The average Bonchev–Trinajstić information content (AvgIpc) is 1.97.